The zero-order valence-corrected chi connectivity index (χ0v) is 15.0. The summed E-state index contributed by atoms with van der Waals surface area (Å²) in [7, 11) is 0. The van der Waals surface area contributed by atoms with E-state index in [9.17, 15) is 9.59 Å². The second kappa shape index (κ2) is 8.02. The van der Waals surface area contributed by atoms with Gasteiger partial charge >= 0.3 is 0 Å². The molecule has 0 unspecified atom stereocenters. The van der Waals surface area contributed by atoms with Crippen LogP contribution in [0.25, 0.3) is 0 Å². The Morgan fingerprint density at radius 2 is 1.70 bits per heavy atom. The molecule has 6 heteroatoms. The molecule has 1 heterocycles. The molecule has 2 amide bonds. The van der Waals surface area contributed by atoms with Crippen molar-refractivity contribution in [3.63, 3.8) is 0 Å². The van der Waals surface area contributed by atoms with E-state index in [0.29, 0.717) is 49.1 Å². The molecule has 0 atom stereocenters. The third kappa shape index (κ3) is 4.61. The molecule has 1 aliphatic heterocycles. The summed E-state index contributed by atoms with van der Waals surface area (Å²) in [5, 5.41) is 0.662. The standard InChI is InChI=1S/C17H22Cl2N2O2/c1-12(2)6-7-15(22)20-8-10-21(11-9-20)17(23)13-4-3-5-14(18)16(13)19/h3-5,12H,6-11H2,1-2H3. The molecule has 23 heavy (non-hydrogen) atoms. The van der Waals surface area contributed by atoms with Crippen LogP contribution < -0.4 is 0 Å². The Bertz CT molecular complexity index is 582. The van der Waals surface area contributed by atoms with Crippen LogP contribution in [0.3, 0.4) is 0 Å². The van der Waals surface area contributed by atoms with E-state index in [4.69, 9.17) is 23.2 Å². The second-order valence-corrected chi connectivity index (χ2v) is 6.99. The van der Waals surface area contributed by atoms with Crippen LogP contribution in [0, 0.1) is 5.92 Å². The smallest absolute Gasteiger partial charge is 0.255 e. The molecule has 1 aliphatic rings. The average molecular weight is 357 g/mol. The molecule has 4 nitrogen and oxygen atoms in total. The minimum atomic E-state index is -0.133. The van der Waals surface area contributed by atoms with E-state index in [1.165, 1.54) is 0 Å². The first kappa shape index (κ1) is 18.1. The number of rotatable bonds is 4. The van der Waals surface area contributed by atoms with Crippen LogP contribution in [0.4, 0.5) is 0 Å². The van der Waals surface area contributed by atoms with Gasteiger partial charge in [-0.05, 0) is 24.5 Å². The predicted molar refractivity (Wildman–Crippen MR) is 93.0 cm³/mol. The van der Waals surface area contributed by atoms with Crippen LogP contribution in [-0.4, -0.2) is 47.8 Å². The molecule has 1 saturated heterocycles. The number of carbonyl (C=O) groups is 2. The Morgan fingerprint density at radius 3 is 2.30 bits per heavy atom. The van der Waals surface area contributed by atoms with E-state index in [-0.39, 0.29) is 16.8 Å². The van der Waals surface area contributed by atoms with Crippen molar-refractivity contribution in [2.24, 2.45) is 5.92 Å². The summed E-state index contributed by atoms with van der Waals surface area (Å²) in [4.78, 5) is 28.2. The number of carbonyl (C=O) groups excluding carboxylic acids is 2. The van der Waals surface area contributed by atoms with Gasteiger partial charge in [-0.3, -0.25) is 9.59 Å². The fourth-order valence-electron chi connectivity index (χ4n) is 2.57. The Kier molecular flexibility index (Phi) is 6.31. The maximum absolute atomic E-state index is 12.5. The number of piperazine rings is 1. The normalized spacial score (nSPS) is 15.2. The number of hydrogen-bond donors (Lipinski definition) is 0. The first-order chi connectivity index (χ1) is 10.9. The Balaban J connectivity index is 1.92. The summed E-state index contributed by atoms with van der Waals surface area (Å²) >= 11 is 12.1. The van der Waals surface area contributed by atoms with Crippen LogP contribution in [0.5, 0.6) is 0 Å². The minimum absolute atomic E-state index is 0.133. The van der Waals surface area contributed by atoms with Crippen molar-refractivity contribution in [3.05, 3.63) is 33.8 Å². The van der Waals surface area contributed by atoms with Crippen molar-refractivity contribution in [1.29, 1.82) is 0 Å². The summed E-state index contributed by atoms with van der Waals surface area (Å²) in [5.74, 6) is 0.560. The highest BCUT2D eigenvalue weighted by Crippen LogP contribution is 2.26. The highest BCUT2D eigenvalue weighted by Gasteiger charge is 2.26. The molecular formula is C17H22Cl2N2O2. The van der Waals surface area contributed by atoms with E-state index in [1.807, 2.05) is 4.90 Å². The topological polar surface area (TPSA) is 40.6 Å². The van der Waals surface area contributed by atoms with Gasteiger partial charge in [-0.1, -0.05) is 43.1 Å². The summed E-state index contributed by atoms with van der Waals surface area (Å²) in [5.41, 5.74) is 0.416. The van der Waals surface area contributed by atoms with Gasteiger partial charge in [0.15, 0.2) is 0 Å². The van der Waals surface area contributed by atoms with E-state index < -0.39 is 0 Å². The monoisotopic (exact) mass is 356 g/mol. The van der Waals surface area contributed by atoms with Gasteiger partial charge in [-0.15, -0.1) is 0 Å². The molecule has 0 N–H and O–H groups in total. The zero-order chi connectivity index (χ0) is 17.0. The molecule has 0 saturated carbocycles. The lowest BCUT2D eigenvalue weighted by Gasteiger charge is -2.35. The third-order valence-electron chi connectivity index (χ3n) is 4.04. The van der Waals surface area contributed by atoms with E-state index in [2.05, 4.69) is 13.8 Å². The Morgan fingerprint density at radius 1 is 1.09 bits per heavy atom. The van der Waals surface area contributed by atoms with Crippen molar-refractivity contribution in [1.82, 2.24) is 9.80 Å². The number of amides is 2. The maximum Gasteiger partial charge on any atom is 0.255 e. The van der Waals surface area contributed by atoms with Gasteiger partial charge in [0.25, 0.3) is 5.91 Å². The van der Waals surface area contributed by atoms with Crippen LogP contribution >= 0.6 is 23.2 Å². The molecule has 2 rings (SSSR count). The highest BCUT2D eigenvalue weighted by atomic mass is 35.5. The summed E-state index contributed by atoms with van der Waals surface area (Å²) in [6, 6.07) is 5.05. The first-order valence-electron chi connectivity index (χ1n) is 7.91. The van der Waals surface area contributed by atoms with Gasteiger partial charge in [0.2, 0.25) is 5.91 Å². The molecule has 1 aromatic carbocycles. The van der Waals surface area contributed by atoms with Gasteiger partial charge in [0.05, 0.1) is 15.6 Å². The highest BCUT2D eigenvalue weighted by molar-refractivity contribution is 6.43. The number of halogens is 2. The molecule has 0 radical (unpaired) electrons. The lowest BCUT2D eigenvalue weighted by molar-refractivity contribution is -0.132. The fraction of sp³-hybridized carbons (Fsp3) is 0.529. The van der Waals surface area contributed by atoms with Crippen molar-refractivity contribution in [2.45, 2.75) is 26.7 Å². The van der Waals surface area contributed by atoms with Crippen LogP contribution in [0.2, 0.25) is 10.0 Å². The molecule has 0 aromatic heterocycles. The summed E-state index contributed by atoms with van der Waals surface area (Å²) in [6.07, 6.45) is 1.47. The molecular weight excluding hydrogens is 335 g/mol. The number of hydrogen-bond acceptors (Lipinski definition) is 2. The van der Waals surface area contributed by atoms with Gasteiger partial charge in [-0.25, -0.2) is 0 Å². The lowest BCUT2D eigenvalue weighted by Crippen LogP contribution is -2.50. The quantitative estimate of drug-likeness (QED) is 0.824. The average Bonchev–Trinajstić information content (AvgIpc) is 2.54. The number of nitrogens with zero attached hydrogens (tertiary/aromatic N) is 2. The Hall–Kier alpha value is -1.26. The minimum Gasteiger partial charge on any atom is -0.339 e. The van der Waals surface area contributed by atoms with E-state index in [0.717, 1.165) is 6.42 Å². The van der Waals surface area contributed by atoms with E-state index >= 15 is 0 Å². The van der Waals surface area contributed by atoms with Gasteiger partial charge in [-0.2, -0.15) is 0 Å². The predicted octanol–water partition coefficient (Wildman–Crippen LogP) is 3.71. The summed E-state index contributed by atoms with van der Waals surface area (Å²) in [6.45, 7) is 6.41. The molecule has 1 fully saturated rings. The SMILES string of the molecule is CC(C)CCC(=O)N1CCN(C(=O)c2cccc(Cl)c2Cl)CC1. The molecule has 0 aliphatic carbocycles. The molecule has 126 valence electrons. The molecule has 0 bridgehead atoms. The Labute approximate surface area is 147 Å². The molecule has 1 aromatic rings. The van der Waals surface area contributed by atoms with Crippen LogP contribution in [-0.2, 0) is 4.79 Å². The second-order valence-electron chi connectivity index (χ2n) is 6.21. The maximum atomic E-state index is 12.5. The summed E-state index contributed by atoms with van der Waals surface area (Å²) < 4.78 is 0. The largest absolute Gasteiger partial charge is 0.339 e. The zero-order valence-electron chi connectivity index (χ0n) is 13.5. The van der Waals surface area contributed by atoms with Gasteiger partial charge in [0, 0.05) is 32.6 Å². The van der Waals surface area contributed by atoms with Crippen LogP contribution in [0.15, 0.2) is 18.2 Å². The fourth-order valence-corrected chi connectivity index (χ4v) is 2.95. The van der Waals surface area contributed by atoms with Crippen LogP contribution in [0.1, 0.15) is 37.0 Å². The van der Waals surface area contributed by atoms with Crippen molar-refractivity contribution in [2.75, 3.05) is 26.2 Å². The third-order valence-corrected chi connectivity index (χ3v) is 4.86. The van der Waals surface area contributed by atoms with Gasteiger partial charge in [0.1, 0.15) is 0 Å². The van der Waals surface area contributed by atoms with Gasteiger partial charge < -0.3 is 9.80 Å². The van der Waals surface area contributed by atoms with E-state index in [1.54, 1.807) is 23.1 Å². The lowest BCUT2D eigenvalue weighted by atomic mass is 10.1. The first-order valence-corrected chi connectivity index (χ1v) is 8.66. The molecule has 0 spiro atoms. The van der Waals surface area contributed by atoms with Crippen molar-refractivity contribution < 1.29 is 9.59 Å². The van der Waals surface area contributed by atoms with Crippen molar-refractivity contribution >= 4 is 35.0 Å². The number of benzene rings is 1. The van der Waals surface area contributed by atoms with Crippen molar-refractivity contribution in [3.8, 4) is 0 Å².